The number of imide groups is 1. The fraction of sp³-hybridized carbons (Fsp3) is 0.190. The second-order valence-corrected chi connectivity index (χ2v) is 7.56. The van der Waals surface area contributed by atoms with Gasteiger partial charge in [-0.05, 0) is 60.2 Å². The molecule has 2 amide bonds. The maximum atomic E-state index is 12.7. The molecule has 150 valence electrons. The third kappa shape index (κ3) is 5.19. The zero-order chi connectivity index (χ0) is 21.0. The molecule has 0 N–H and O–H groups in total. The van der Waals surface area contributed by atoms with Gasteiger partial charge < -0.3 is 9.47 Å². The first-order chi connectivity index (χ1) is 13.9. The van der Waals surface area contributed by atoms with Gasteiger partial charge in [0.05, 0.1) is 18.1 Å². The van der Waals surface area contributed by atoms with E-state index < -0.39 is 5.97 Å². The molecule has 0 radical (unpaired) electrons. The molecule has 1 fully saturated rings. The van der Waals surface area contributed by atoms with Crippen LogP contribution in [0.3, 0.4) is 0 Å². The molecule has 0 bridgehead atoms. The molecule has 0 atom stereocenters. The maximum Gasteiger partial charge on any atom is 0.308 e. The van der Waals surface area contributed by atoms with Gasteiger partial charge in [0.1, 0.15) is 0 Å². The van der Waals surface area contributed by atoms with E-state index in [4.69, 9.17) is 21.1 Å². The van der Waals surface area contributed by atoms with E-state index in [1.54, 1.807) is 48.5 Å². The van der Waals surface area contributed by atoms with E-state index in [0.29, 0.717) is 33.6 Å². The van der Waals surface area contributed by atoms with E-state index in [-0.39, 0.29) is 17.7 Å². The number of ether oxygens (including phenoxy) is 2. The molecule has 3 rings (SSSR count). The van der Waals surface area contributed by atoms with Crippen molar-refractivity contribution >= 4 is 46.6 Å². The number of nitrogens with zero attached hydrogens (tertiary/aromatic N) is 1. The lowest BCUT2D eigenvalue weighted by Gasteiger charge is -2.12. The molecule has 1 aliphatic rings. The van der Waals surface area contributed by atoms with E-state index in [1.807, 2.05) is 6.92 Å². The molecule has 0 unspecified atom stereocenters. The summed E-state index contributed by atoms with van der Waals surface area (Å²) in [5, 5.41) is 0.253. The van der Waals surface area contributed by atoms with Gasteiger partial charge in [0.15, 0.2) is 11.5 Å². The Bertz CT molecular complexity index is 987. The number of carbonyl (C=O) groups excluding carboxylic acids is 3. The number of thioether (sulfide) groups is 1. The molecule has 1 saturated heterocycles. The Balaban J connectivity index is 1.82. The highest BCUT2D eigenvalue weighted by atomic mass is 35.5. The van der Waals surface area contributed by atoms with E-state index in [1.165, 1.54) is 11.8 Å². The lowest BCUT2D eigenvalue weighted by molar-refractivity contribution is -0.132. The first-order valence-corrected chi connectivity index (χ1v) is 10.0. The van der Waals surface area contributed by atoms with Gasteiger partial charge in [-0.1, -0.05) is 29.8 Å². The van der Waals surface area contributed by atoms with Crippen LogP contribution in [-0.2, 0) is 16.1 Å². The highest BCUT2D eigenvalue weighted by Gasteiger charge is 2.35. The van der Waals surface area contributed by atoms with Crippen LogP contribution in [0.1, 0.15) is 25.0 Å². The molecule has 0 aliphatic carbocycles. The van der Waals surface area contributed by atoms with E-state index in [9.17, 15) is 14.4 Å². The van der Waals surface area contributed by atoms with Gasteiger partial charge in [-0.15, -0.1) is 0 Å². The third-order valence-corrected chi connectivity index (χ3v) is 5.11. The van der Waals surface area contributed by atoms with Crippen LogP contribution in [-0.4, -0.2) is 28.6 Å². The second-order valence-electron chi connectivity index (χ2n) is 6.13. The fourth-order valence-electron chi connectivity index (χ4n) is 2.68. The Hall–Kier alpha value is -2.77. The highest BCUT2D eigenvalue weighted by molar-refractivity contribution is 8.18. The molecule has 0 aromatic heterocycles. The van der Waals surface area contributed by atoms with Crippen molar-refractivity contribution in [3.63, 3.8) is 0 Å². The normalized spacial score (nSPS) is 15.1. The van der Waals surface area contributed by atoms with Crippen LogP contribution in [0.2, 0.25) is 5.02 Å². The van der Waals surface area contributed by atoms with Crippen molar-refractivity contribution in [3.05, 3.63) is 63.5 Å². The van der Waals surface area contributed by atoms with E-state index in [0.717, 1.165) is 17.3 Å². The highest BCUT2D eigenvalue weighted by Crippen LogP contribution is 2.35. The average Bonchev–Trinajstić information content (AvgIpc) is 2.93. The van der Waals surface area contributed by atoms with E-state index in [2.05, 4.69) is 0 Å². The standard InChI is InChI=1S/C21H18ClNO5S/c1-3-27-18-10-15(6-9-17(18)28-13(2)24)11-19-20(25)23(21(26)29-19)12-14-4-7-16(22)8-5-14/h4-11H,3,12H2,1-2H3/b19-11+. The molecule has 6 nitrogen and oxygen atoms in total. The molecule has 2 aromatic carbocycles. The zero-order valence-corrected chi connectivity index (χ0v) is 17.4. The number of carbonyl (C=O) groups is 3. The number of hydrogen-bond donors (Lipinski definition) is 0. The van der Waals surface area contributed by atoms with Crippen molar-refractivity contribution in [3.8, 4) is 11.5 Å². The Morgan fingerprint density at radius 3 is 2.52 bits per heavy atom. The van der Waals surface area contributed by atoms with Crippen molar-refractivity contribution in [2.45, 2.75) is 20.4 Å². The Morgan fingerprint density at radius 1 is 1.14 bits per heavy atom. The Morgan fingerprint density at radius 2 is 1.86 bits per heavy atom. The summed E-state index contributed by atoms with van der Waals surface area (Å²) in [6.07, 6.45) is 1.62. The maximum absolute atomic E-state index is 12.7. The minimum absolute atomic E-state index is 0.175. The summed E-state index contributed by atoms with van der Waals surface area (Å²) in [4.78, 5) is 37.8. The van der Waals surface area contributed by atoms with E-state index >= 15 is 0 Å². The Kier molecular flexibility index (Phi) is 6.61. The number of benzene rings is 2. The smallest absolute Gasteiger partial charge is 0.308 e. The first-order valence-electron chi connectivity index (χ1n) is 8.82. The third-order valence-electron chi connectivity index (χ3n) is 3.95. The van der Waals surface area contributed by atoms with Crippen LogP contribution in [0.5, 0.6) is 11.5 Å². The van der Waals surface area contributed by atoms with Crippen molar-refractivity contribution < 1.29 is 23.9 Å². The molecule has 29 heavy (non-hydrogen) atoms. The monoisotopic (exact) mass is 431 g/mol. The van der Waals surface area contributed by atoms with Gasteiger partial charge in [0, 0.05) is 11.9 Å². The first kappa shape index (κ1) is 21.0. The van der Waals surface area contributed by atoms with Gasteiger partial charge in [-0.3, -0.25) is 19.3 Å². The fourth-order valence-corrected chi connectivity index (χ4v) is 3.65. The van der Waals surface area contributed by atoms with Crippen molar-refractivity contribution in [1.29, 1.82) is 0 Å². The minimum atomic E-state index is -0.456. The lowest BCUT2D eigenvalue weighted by atomic mass is 10.1. The summed E-state index contributed by atoms with van der Waals surface area (Å²) in [6, 6.07) is 11.9. The molecular weight excluding hydrogens is 414 g/mol. The molecular formula is C21H18ClNO5S. The lowest BCUT2D eigenvalue weighted by Crippen LogP contribution is -2.27. The molecule has 1 heterocycles. The summed E-state index contributed by atoms with van der Waals surface area (Å²) < 4.78 is 10.6. The Labute approximate surface area is 177 Å². The summed E-state index contributed by atoms with van der Waals surface area (Å²) >= 11 is 6.75. The van der Waals surface area contributed by atoms with Crippen LogP contribution in [0.25, 0.3) is 6.08 Å². The number of amides is 2. The van der Waals surface area contributed by atoms with Gasteiger partial charge in [0.25, 0.3) is 11.1 Å². The number of rotatable bonds is 6. The topological polar surface area (TPSA) is 72.9 Å². The summed E-state index contributed by atoms with van der Waals surface area (Å²) in [5.41, 5.74) is 1.46. The van der Waals surface area contributed by atoms with Crippen molar-refractivity contribution in [2.24, 2.45) is 0 Å². The number of hydrogen-bond acceptors (Lipinski definition) is 6. The summed E-state index contributed by atoms with van der Waals surface area (Å²) in [5.74, 6) is -0.136. The quantitative estimate of drug-likeness (QED) is 0.368. The van der Waals surface area contributed by atoms with Crippen LogP contribution in [0.15, 0.2) is 47.4 Å². The van der Waals surface area contributed by atoms with Gasteiger partial charge in [-0.2, -0.15) is 0 Å². The van der Waals surface area contributed by atoms with Crippen LogP contribution in [0.4, 0.5) is 4.79 Å². The van der Waals surface area contributed by atoms with Gasteiger partial charge in [0.2, 0.25) is 0 Å². The summed E-state index contributed by atoms with van der Waals surface area (Å²) in [7, 11) is 0. The molecule has 1 aliphatic heterocycles. The van der Waals surface area contributed by atoms with Crippen molar-refractivity contribution in [1.82, 2.24) is 4.90 Å². The van der Waals surface area contributed by atoms with Gasteiger partial charge in [-0.25, -0.2) is 0 Å². The minimum Gasteiger partial charge on any atom is -0.490 e. The molecule has 2 aromatic rings. The zero-order valence-electron chi connectivity index (χ0n) is 15.8. The predicted molar refractivity (Wildman–Crippen MR) is 112 cm³/mol. The van der Waals surface area contributed by atoms with Crippen LogP contribution >= 0.6 is 23.4 Å². The summed E-state index contributed by atoms with van der Waals surface area (Å²) in [6.45, 7) is 3.68. The predicted octanol–water partition coefficient (Wildman–Crippen LogP) is 4.90. The number of esters is 1. The molecule has 0 saturated carbocycles. The van der Waals surface area contributed by atoms with Gasteiger partial charge >= 0.3 is 5.97 Å². The molecule has 8 heteroatoms. The molecule has 0 spiro atoms. The average molecular weight is 432 g/mol. The number of halogens is 1. The van der Waals surface area contributed by atoms with Crippen LogP contribution < -0.4 is 9.47 Å². The van der Waals surface area contributed by atoms with Crippen molar-refractivity contribution in [2.75, 3.05) is 6.61 Å². The second kappa shape index (κ2) is 9.15. The van der Waals surface area contributed by atoms with Crippen LogP contribution in [0, 0.1) is 0 Å². The SMILES string of the molecule is CCOc1cc(/C=C2/SC(=O)N(Cc3ccc(Cl)cc3)C2=O)ccc1OC(C)=O. The largest absolute Gasteiger partial charge is 0.490 e.